The lowest BCUT2D eigenvalue weighted by molar-refractivity contribution is -0.150. The lowest BCUT2D eigenvalue weighted by atomic mass is 10.0. The molecule has 0 aliphatic carbocycles. The predicted molar refractivity (Wildman–Crippen MR) is 135 cm³/mol. The lowest BCUT2D eigenvalue weighted by Gasteiger charge is -2.50. The molecule has 0 bridgehead atoms. The van der Waals surface area contributed by atoms with Gasteiger partial charge < -0.3 is 25.9 Å². The number of nitrogens with one attached hydrogen (secondary N) is 1. The molecule has 2 saturated heterocycles. The van der Waals surface area contributed by atoms with E-state index in [0.29, 0.717) is 10.7 Å². The molecule has 13 nitrogen and oxygen atoms in total. The first-order valence-electron chi connectivity index (χ1n) is 10.4. The summed E-state index contributed by atoms with van der Waals surface area (Å²) in [5.74, 6) is -0.966. The van der Waals surface area contributed by atoms with E-state index in [1.165, 1.54) is 35.5 Å². The second-order valence-electron chi connectivity index (χ2n) is 7.67. The number of carboxylic acids is 1. The number of nitrogens with zero attached hydrogens (tertiary/aromatic N) is 6. The number of fused-ring (bicyclic) bond motifs is 1. The van der Waals surface area contributed by atoms with Crippen LogP contribution in [0.2, 0.25) is 0 Å². The molecule has 0 saturated carbocycles. The van der Waals surface area contributed by atoms with Crippen LogP contribution in [0.4, 0.5) is 5.13 Å². The predicted octanol–water partition coefficient (Wildman–Crippen LogP) is -0.313. The van der Waals surface area contributed by atoms with Crippen LogP contribution in [0.3, 0.4) is 0 Å². The molecular weight excluding hydrogens is 537 g/mol. The van der Waals surface area contributed by atoms with Crippen LogP contribution in [0.5, 0.6) is 0 Å². The normalized spacial score (nSPS) is 24.5. The third kappa shape index (κ3) is 4.56. The maximum Gasteiger partial charge on any atom is 0.353 e. The molecule has 2 fully saturated rings. The van der Waals surface area contributed by atoms with E-state index >= 15 is 0 Å². The Morgan fingerprint density at radius 3 is 2.80 bits per heavy atom. The number of likely N-dealkylation sites (tertiary alicyclic amines) is 1. The van der Waals surface area contributed by atoms with Gasteiger partial charge in [0.2, 0.25) is 11.5 Å². The summed E-state index contributed by atoms with van der Waals surface area (Å²) in [6, 6.07) is -0.914. The smallest absolute Gasteiger partial charge is 0.353 e. The van der Waals surface area contributed by atoms with Crippen LogP contribution >= 0.6 is 46.8 Å². The quantitative estimate of drug-likeness (QED) is 0.227. The van der Waals surface area contributed by atoms with Crippen molar-refractivity contribution in [2.24, 2.45) is 10.1 Å². The number of anilines is 1. The lowest BCUT2D eigenvalue weighted by Crippen LogP contribution is -2.71. The number of carboxylic acid groups (broad SMARTS) is 1. The largest absolute Gasteiger partial charge is 0.477 e. The molecule has 4 N–H and O–H groups in total. The minimum Gasteiger partial charge on any atom is -0.477 e. The van der Waals surface area contributed by atoms with Crippen LogP contribution in [0.1, 0.15) is 5.82 Å². The Labute approximate surface area is 216 Å². The molecule has 0 aromatic carbocycles. The molecule has 35 heavy (non-hydrogen) atoms. The number of aliphatic imine (C=N–C) groups is 1. The van der Waals surface area contributed by atoms with Gasteiger partial charge in [-0.1, -0.05) is 16.9 Å². The summed E-state index contributed by atoms with van der Waals surface area (Å²) in [7, 11) is 1.26. The molecule has 1 aromatic rings. The van der Waals surface area contributed by atoms with Crippen LogP contribution in [0.15, 0.2) is 20.8 Å². The molecule has 0 spiro atoms. The van der Waals surface area contributed by atoms with E-state index < -0.39 is 29.2 Å². The molecule has 4 aliphatic heterocycles. The summed E-state index contributed by atoms with van der Waals surface area (Å²) >= 11 is 5.54. The molecule has 186 valence electrons. The minimum atomic E-state index is -1.16. The summed E-state index contributed by atoms with van der Waals surface area (Å²) in [4.78, 5) is 55.1. The van der Waals surface area contributed by atoms with Crippen molar-refractivity contribution in [2.45, 2.75) is 16.7 Å². The van der Waals surface area contributed by atoms with Gasteiger partial charge in [0.05, 0.1) is 6.54 Å². The number of amidine groups is 1. The molecule has 0 radical (unpaired) electrons. The van der Waals surface area contributed by atoms with Gasteiger partial charge in [-0.3, -0.25) is 19.5 Å². The fourth-order valence-electron chi connectivity index (χ4n) is 3.88. The maximum atomic E-state index is 13.0. The van der Waals surface area contributed by atoms with E-state index in [1.807, 2.05) is 0 Å². The monoisotopic (exact) mass is 556 g/mol. The van der Waals surface area contributed by atoms with Gasteiger partial charge in [-0.2, -0.15) is 9.36 Å². The number of carbonyl (C=O) groups is 3. The second kappa shape index (κ2) is 9.87. The van der Waals surface area contributed by atoms with Crippen molar-refractivity contribution < 1.29 is 24.3 Å². The zero-order chi connectivity index (χ0) is 24.7. The number of amides is 2. The molecule has 1 aromatic heterocycles. The van der Waals surface area contributed by atoms with Gasteiger partial charge in [0.15, 0.2) is 10.3 Å². The van der Waals surface area contributed by atoms with E-state index in [-0.39, 0.29) is 27.6 Å². The Hall–Kier alpha value is -2.50. The zero-order valence-electron chi connectivity index (χ0n) is 18.2. The van der Waals surface area contributed by atoms with Crippen molar-refractivity contribution >= 4 is 80.6 Å². The average molecular weight is 557 g/mol. The first-order valence-corrected chi connectivity index (χ1v) is 14.1. The molecule has 2 amide bonds. The van der Waals surface area contributed by atoms with Crippen LogP contribution in [-0.2, 0) is 19.2 Å². The van der Waals surface area contributed by atoms with Gasteiger partial charge in [-0.05, 0) is 0 Å². The van der Waals surface area contributed by atoms with Gasteiger partial charge in [0.25, 0.3) is 11.8 Å². The third-order valence-electron chi connectivity index (χ3n) is 5.47. The number of thioether (sulfide) groups is 3. The minimum absolute atomic E-state index is 0.0139. The highest BCUT2D eigenvalue weighted by molar-refractivity contribution is 8.14. The Morgan fingerprint density at radius 1 is 1.37 bits per heavy atom. The Bertz CT molecular complexity index is 1160. The molecule has 5 rings (SSSR count). The van der Waals surface area contributed by atoms with Crippen molar-refractivity contribution in [2.75, 3.05) is 44.0 Å². The topological polar surface area (TPSA) is 176 Å². The van der Waals surface area contributed by atoms with Crippen molar-refractivity contribution in [3.05, 3.63) is 16.4 Å². The number of oxime groups is 1. The molecule has 5 heterocycles. The van der Waals surface area contributed by atoms with E-state index in [2.05, 4.69) is 29.7 Å². The number of aromatic nitrogens is 2. The molecule has 2 atom stereocenters. The van der Waals surface area contributed by atoms with Crippen molar-refractivity contribution in [1.29, 1.82) is 0 Å². The summed E-state index contributed by atoms with van der Waals surface area (Å²) in [5.41, 5.74) is 5.35. The highest BCUT2D eigenvalue weighted by atomic mass is 32.2. The first-order chi connectivity index (χ1) is 16.9. The summed E-state index contributed by atoms with van der Waals surface area (Å²) in [6.07, 6.45) is 0. The highest BCUT2D eigenvalue weighted by Crippen LogP contribution is 2.45. The zero-order valence-corrected chi connectivity index (χ0v) is 21.5. The van der Waals surface area contributed by atoms with Crippen LogP contribution in [0, 0.1) is 0 Å². The highest BCUT2D eigenvalue weighted by Gasteiger charge is 2.55. The summed E-state index contributed by atoms with van der Waals surface area (Å²) in [5, 5.41) is 17.1. The average Bonchev–Trinajstić information content (AvgIpc) is 3.49. The Balaban J connectivity index is 1.26. The van der Waals surface area contributed by atoms with Crippen LogP contribution in [0.25, 0.3) is 0 Å². The van der Waals surface area contributed by atoms with E-state index in [9.17, 15) is 19.5 Å². The molecule has 0 unspecified atom stereocenters. The third-order valence-corrected chi connectivity index (χ3v) is 9.76. The Kier molecular flexibility index (Phi) is 6.82. The number of aliphatic carboxylic acids is 1. The molecule has 4 aliphatic rings. The molecular formula is C18H20N8O5S4. The summed E-state index contributed by atoms with van der Waals surface area (Å²) in [6.45, 7) is 2.43. The molecule has 17 heteroatoms. The standard InChI is InChI=1S/C18H20N8O5S4/c1-31-23-9(12-22-17(19)35-24-12)13(27)21-10-14(28)26-11(16(29)30)8(6-33-15(10)26)34-7-4-25(5-7)18-20-2-3-32-18/h7,10,15H,2-6H2,1H3,(H,21,27)(H,29,30)(H2,19,22,24)/b23-9-/t10-,15-/m1/s1. The maximum absolute atomic E-state index is 13.0. The van der Waals surface area contributed by atoms with Crippen molar-refractivity contribution in [3.8, 4) is 0 Å². The number of β-lactam (4-membered cyclic amide) rings is 1. The fourth-order valence-corrected chi connectivity index (χ4v) is 8.08. The van der Waals surface area contributed by atoms with Gasteiger partial charge in [0.1, 0.15) is 24.2 Å². The van der Waals surface area contributed by atoms with Crippen LogP contribution < -0.4 is 11.1 Å². The number of rotatable bonds is 7. The van der Waals surface area contributed by atoms with E-state index in [1.54, 1.807) is 11.8 Å². The van der Waals surface area contributed by atoms with Crippen molar-refractivity contribution in [1.82, 2.24) is 24.5 Å². The number of carbonyl (C=O) groups excluding carboxylic acids is 2. The number of nitrogens with two attached hydrogens (primary N) is 1. The van der Waals surface area contributed by atoms with Gasteiger partial charge >= 0.3 is 5.97 Å². The Morgan fingerprint density at radius 2 is 2.17 bits per heavy atom. The van der Waals surface area contributed by atoms with Gasteiger partial charge in [-0.25, -0.2) is 4.79 Å². The van der Waals surface area contributed by atoms with Crippen molar-refractivity contribution in [3.63, 3.8) is 0 Å². The van der Waals surface area contributed by atoms with Gasteiger partial charge in [0, 0.05) is 46.3 Å². The number of hydrogen-bond donors (Lipinski definition) is 3. The number of nitrogen functional groups attached to an aromatic ring is 1. The second-order valence-corrected chi connectivity index (χ2v) is 12.0. The van der Waals surface area contributed by atoms with E-state index in [0.717, 1.165) is 42.1 Å². The summed E-state index contributed by atoms with van der Waals surface area (Å²) < 4.78 is 3.96. The first kappa shape index (κ1) is 24.2. The van der Waals surface area contributed by atoms with Gasteiger partial charge in [-0.15, -0.1) is 23.5 Å². The van der Waals surface area contributed by atoms with Crippen LogP contribution in [-0.4, -0.2) is 108 Å². The SMILES string of the molecule is CO/N=C(\C(=O)N[C@@H]1C(=O)N2C(C(=O)O)=C(SC3CN(C4=NCCS4)C3)CS[C@H]12)c1nsc(N)n1. The van der Waals surface area contributed by atoms with E-state index in [4.69, 9.17) is 10.6 Å². The fraction of sp³-hybridized carbons (Fsp3) is 0.500. The number of hydrogen-bond acceptors (Lipinski definition) is 14.